The van der Waals surface area contributed by atoms with Gasteiger partial charge < -0.3 is 0 Å². The van der Waals surface area contributed by atoms with Crippen LogP contribution >= 0.6 is 12.6 Å². The van der Waals surface area contributed by atoms with Gasteiger partial charge in [0.2, 0.25) is 0 Å². The summed E-state index contributed by atoms with van der Waals surface area (Å²) < 4.78 is 0. The molecule has 70 valence electrons. The third-order valence-electron chi connectivity index (χ3n) is 2.98. The van der Waals surface area contributed by atoms with E-state index in [0.717, 1.165) is 6.42 Å². The highest BCUT2D eigenvalue weighted by molar-refractivity contribution is 7.96. The van der Waals surface area contributed by atoms with Gasteiger partial charge in [0.1, 0.15) is 0 Å². The Kier molecular flexibility index (Phi) is 4.13. The van der Waals surface area contributed by atoms with Crippen LogP contribution < -0.4 is 0 Å². The Morgan fingerprint density at radius 2 is 2.00 bits per heavy atom. The maximum atomic E-state index is 11.1. The fourth-order valence-corrected chi connectivity index (χ4v) is 2.64. The molecule has 0 amide bonds. The minimum absolute atomic E-state index is 0.101. The highest BCUT2D eigenvalue weighted by Gasteiger charge is 2.25. The van der Waals surface area contributed by atoms with E-state index < -0.39 is 0 Å². The normalized spacial score (nSPS) is 22.2. The van der Waals surface area contributed by atoms with Crippen LogP contribution in [-0.4, -0.2) is 5.12 Å². The minimum Gasteiger partial charge on any atom is -0.287 e. The van der Waals surface area contributed by atoms with E-state index in [9.17, 15) is 4.79 Å². The lowest BCUT2D eigenvalue weighted by Crippen LogP contribution is -2.22. The van der Waals surface area contributed by atoms with Crippen molar-refractivity contribution in [2.75, 3.05) is 0 Å². The molecule has 0 radical (unpaired) electrons. The Morgan fingerprint density at radius 3 is 2.42 bits per heavy atom. The molecule has 1 aliphatic carbocycles. The molecule has 0 N–H and O–H groups in total. The van der Waals surface area contributed by atoms with Gasteiger partial charge in [0.05, 0.1) is 0 Å². The van der Waals surface area contributed by atoms with Crippen molar-refractivity contribution in [2.24, 2.45) is 11.8 Å². The topological polar surface area (TPSA) is 17.1 Å². The zero-order valence-electron chi connectivity index (χ0n) is 7.75. The van der Waals surface area contributed by atoms with Gasteiger partial charge in [-0.2, -0.15) is 0 Å². The predicted molar refractivity (Wildman–Crippen MR) is 54.3 cm³/mol. The van der Waals surface area contributed by atoms with Crippen molar-refractivity contribution < 1.29 is 4.79 Å². The lowest BCUT2D eigenvalue weighted by molar-refractivity contribution is -0.116. The highest BCUT2D eigenvalue weighted by Crippen LogP contribution is 2.32. The van der Waals surface area contributed by atoms with E-state index in [2.05, 4.69) is 19.6 Å². The summed E-state index contributed by atoms with van der Waals surface area (Å²) in [5, 5.41) is 0.101. The summed E-state index contributed by atoms with van der Waals surface area (Å²) in [7, 11) is 0. The molecule has 0 bridgehead atoms. The second kappa shape index (κ2) is 4.90. The molecule has 1 saturated carbocycles. The van der Waals surface area contributed by atoms with Gasteiger partial charge in [-0.1, -0.05) is 26.2 Å². The molecule has 1 unspecified atom stereocenters. The largest absolute Gasteiger partial charge is 0.287 e. The molecule has 1 aliphatic rings. The van der Waals surface area contributed by atoms with E-state index in [-0.39, 0.29) is 11.0 Å². The third kappa shape index (κ3) is 2.51. The molecule has 0 saturated heterocycles. The fourth-order valence-electron chi connectivity index (χ4n) is 2.25. The van der Waals surface area contributed by atoms with Crippen LogP contribution in [0.5, 0.6) is 0 Å². The van der Waals surface area contributed by atoms with Gasteiger partial charge in [0.15, 0.2) is 5.12 Å². The van der Waals surface area contributed by atoms with Crippen molar-refractivity contribution in [2.45, 2.75) is 45.4 Å². The number of hydrogen-bond donors (Lipinski definition) is 1. The van der Waals surface area contributed by atoms with E-state index in [1.54, 1.807) is 0 Å². The van der Waals surface area contributed by atoms with Crippen LogP contribution in [0.25, 0.3) is 0 Å². The Balaban J connectivity index is 2.46. The first kappa shape index (κ1) is 10.1. The molecule has 0 spiro atoms. The quantitative estimate of drug-likeness (QED) is 0.670. The molecule has 0 aromatic heterocycles. The molecule has 0 heterocycles. The molecule has 0 aromatic carbocycles. The Morgan fingerprint density at radius 1 is 1.42 bits per heavy atom. The van der Waals surface area contributed by atoms with Crippen molar-refractivity contribution >= 4 is 17.7 Å². The first-order chi connectivity index (χ1) is 5.75. The molecular weight excluding hydrogens is 168 g/mol. The monoisotopic (exact) mass is 186 g/mol. The average molecular weight is 186 g/mol. The van der Waals surface area contributed by atoms with E-state index in [1.807, 2.05) is 0 Å². The van der Waals surface area contributed by atoms with Crippen LogP contribution in [-0.2, 0) is 4.79 Å². The lowest BCUT2D eigenvalue weighted by atomic mass is 9.79. The fraction of sp³-hybridized carbons (Fsp3) is 0.900. The van der Waals surface area contributed by atoms with Crippen molar-refractivity contribution in [3.63, 3.8) is 0 Å². The Bertz CT molecular complexity index is 150. The number of carbonyl (C=O) groups excluding carboxylic acids is 1. The van der Waals surface area contributed by atoms with Crippen LogP contribution in [0.15, 0.2) is 0 Å². The van der Waals surface area contributed by atoms with Crippen LogP contribution in [0.4, 0.5) is 0 Å². The van der Waals surface area contributed by atoms with Crippen molar-refractivity contribution in [1.82, 2.24) is 0 Å². The zero-order valence-corrected chi connectivity index (χ0v) is 8.65. The van der Waals surface area contributed by atoms with E-state index in [4.69, 9.17) is 0 Å². The first-order valence-electron chi connectivity index (χ1n) is 4.98. The smallest absolute Gasteiger partial charge is 0.189 e. The highest BCUT2D eigenvalue weighted by atomic mass is 32.1. The number of thiol groups is 1. The molecule has 1 nitrogen and oxygen atoms in total. The summed E-state index contributed by atoms with van der Waals surface area (Å²) in [6.45, 7) is 2.09. The molecule has 2 heteroatoms. The summed E-state index contributed by atoms with van der Waals surface area (Å²) in [6, 6.07) is 0. The second-order valence-corrected chi connectivity index (χ2v) is 4.19. The van der Waals surface area contributed by atoms with Gasteiger partial charge in [0, 0.05) is 5.92 Å². The summed E-state index contributed by atoms with van der Waals surface area (Å²) in [5.41, 5.74) is 0. The van der Waals surface area contributed by atoms with Gasteiger partial charge >= 0.3 is 0 Å². The van der Waals surface area contributed by atoms with Crippen LogP contribution in [0, 0.1) is 11.8 Å². The molecule has 1 fully saturated rings. The van der Waals surface area contributed by atoms with Crippen LogP contribution in [0.2, 0.25) is 0 Å². The SMILES string of the molecule is CCC(C(=O)S)C1CCCCC1. The Hall–Kier alpha value is 0.0200. The number of rotatable bonds is 3. The van der Waals surface area contributed by atoms with Gasteiger partial charge in [-0.05, 0) is 25.2 Å². The number of hydrogen-bond acceptors (Lipinski definition) is 1. The molecule has 1 rings (SSSR count). The lowest BCUT2D eigenvalue weighted by Gasteiger charge is -2.27. The third-order valence-corrected chi connectivity index (χ3v) is 3.31. The van der Waals surface area contributed by atoms with Gasteiger partial charge in [-0.15, -0.1) is 12.6 Å². The van der Waals surface area contributed by atoms with Crippen LogP contribution in [0.1, 0.15) is 45.4 Å². The van der Waals surface area contributed by atoms with E-state index in [1.165, 1.54) is 32.1 Å². The van der Waals surface area contributed by atoms with Gasteiger partial charge in [-0.25, -0.2) is 0 Å². The summed E-state index contributed by atoms with van der Waals surface area (Å²) in [4.78, 5) is 11.1. The summed E-state index contributed by atoms with van der Waals surface area (Å²) in [5.74, 6) is 0.863. The first-order valence-corrected chi connectivity index (χ1v) is 5.43. The average Bonchev–Trinajstić information content (AvgIpc) is 2.07. The van der Waals surface area contributed by atoms with Crippen LogP contribution in [0.3, 0.4) is 0 Å². The second-order valence-electron chi connectivity index (χ2n) is 3.75. The standard InChI is InChI=1S/C10H18OS/c1-2-9(10(11)12)8-6-4-3-5-7-8/h8-9H,2-7H2,1H3,(H,11,12). The van der Waals surface area contributed by atoms with E-state index in [0.29, 0.717) is 5.92 Å². The van der Waals surface area contributed by atoms with Gasteiger partial charge in [-0.3, -0.25) is 4.79 Å². The summed E-state index contributed by atoms with van der Waals surface area (Å²) >= 11 is 3.94. The van der Waals surface area contributed by atoms with Crippen molar-refractivity contribution in [3.8, 4) is 0 Å². The van der Waals surface area contributed by atoms with E-state index >= 15 is 0 Å². The maximum Gasteiger partial charge on any atom is 0.189 e. The van der Waals surface area contributed by atoms with Crippen molar-refractivity contribution in [1.29, 1.82) is 0 Å². The molecule has 0 aliphatic heterocycles. The minimum atomic E-state index is 0.101. The zero-order chi connectivity index (χ0) is 8.97. The molecule has 1 atom stereocenters. The maximum absolute atomic E-state index is 11.1. The summed E-state index contributed by atoms with van der Waals surface area (Å²) in [6.07, 6.45) is 7.42. The Labute approximate surface area is 80.3 Å². The molecule has 0 aromatic rings. The van der Waals surface area contributed by atoms with Gasteiger partial charge in [0.25, 0.3) is 0 Å². The molecule has 12 heavy (non-hydrogen) atoms. The predicted octanol–water partition coefficient (Wildman–Crippen LogP) is 3.05. The number of carbonyl (C=O) groups is 1. The van der Waals surface area contributed by atoms with Crippen molar-refractivity contribution in [3.05, 3.63) is 0 Å². The molecular formula is C10H18OS.